The number of carbonyl (C=O) groups is 1. The molecule has 1 N–H and O–H groups in total. The quantitative estimate of drug-likeness (QED) is 0.466. The first-order chi connectivity index (χ1) is 6.43. The number of nitrogens with zero attached hydrogens (tertiary/aromatic N) is 1. The van der Waals surface area contributed by atoms with Gasteiger partial charge in [0.2, 0.25) is 0 Å². The molecule has 1 aromatic carbocycles. The van der Waals surface area contributed by atoms with E-state index >= 15 is 0 Å². The van der Waals surface area contributed by atoms with E-state index in [2.05, 4.69) is 0 Å². The average molecular weight is 216 g/mol. The number of ketones is 1. The van der Waals surface area contributed by atoms with Crippen molar-refractivity contribution in [3.63, 3.8) is 0 Å². The van der Waals surface area contributed by atoms with Crippen molar-refractivity contribution in [2.24, 2.45) is 0 Å². The van der Waals surface area contributed by atoms with Crippen LogP contribution in [-0.4, -0.2) is 15.8 Å². The third-order valence-corrected chi connectivity index (χ3v) is 1.83. The highest BCUT2D eigenvalue weighted by molar-refractivity contribution is 6.31. The summed E-state index contributed by atoms with van der Waals surface area (Å²) in [4.78, 5) is 20.7. The van der Waals surface area contributed by atoms with Crippen molar-refractivity contribution in [1.82, 2.24) is 0 Å². The van der Waals surface area contributed by atoms with Crippen LogP contribution in [0.15, 0.2) is 12.1 Å². The third-order valence-electron chi connectivity index (χ3n) is 1.62. The molecule has 0 aliphatic carbocycles. The van der Waals surface area contributed by atoms with Gasteiger partial charge in [0.15, 0.2) is 11.5 Å². The van der Waals surface area contributed by atoms with Crippen LogP contribution in [0.3, 0.4) is 0 Å². The number of carbonyl (C=O) groups excluding carboxylic acids is 1. The van der Waals surface area contributed by atoms with E-state index < -0.39 is 22.1 Å². The molecule has 5 nitrogen and oxygen atoms in total. The summed E-state index contributed by atoms with van der Waals surface area (Å²) < 4.78 is 0. The molecule has 0 bridgehead atoms. The number of phenolic OH excluding ortho intramolecular Hbond substituents is 1. The smallest absolute Gasteiger partial charge is 0.321 e. The lowest BCUT2D eigenvalue weighted by Crippen LogP contribution is -2.00. The molecule has 0 heterocycles. The molecule has 1 aromatic rings. The molecule has 74 valence electrons. The van der Waals surface area contributed by atoms with E-state index in [1.807, 2.05) is 0 Å². The summed E-state index contributed by atoms with van der Waals surface area (Å²) in [5.74, 6) is -1.12. The predicted molar refractivity (Wildman–Crippen MR) is 49.8 cm³/mol. The number of nitro benzene ring substituents is 1. The maximum atomic E-state index is 11.0. The summed E-state index contributed by atoms with van der Waals surface area (Å²) in [7, 11) is 0. The largest absolute Gasteiger partial charge is 0.502 e. The van der Waals surface area contributed by atoms with Crippen molar-refractivity contribution in [3.8, 4) is 5.75 Å². The van der Waals surface area contributed by atoms with Crippen molar-refractivity contribution in [2.45, 2.75) is 6.92 Å². The first-order valence-electron chi connectivity index (χ1n) is 3.61. The number of Topliss-reactive ketones (excluding diaryl/α,β-unsaturated/α-hetero) is 1. The first kappa shape index (κ1) is 10.5. The van der Waals surface area contributed by atoms with Gasteiger partial charge in [-0.05, 0) is 13.0 Å². The summed E-state index contributed by atoms with van der Waals surface area (Å²) in [5, 5.41) is 19.8. The Bertz CT molecular complexity index is 416. The third kappa shape index (κ3) is 1.82. The molecule has 0 radical (unpaired) electrons. The van der Waals surface area contributed by atoms with Crippen molar-refractivity contribution in [1.29, 1.82) is 0 Å². The zero-order valence-electron chi connectivity index (χ0n) is 7.15. The van der Waals surface area contributed by atoms with Gasteiger partial charge in [0, 0.05) is 11.1 Å². The molecule has 1 rings (SSSR count). The summed E-state index contributed by atoms with van der Waals surface area (Å²) in [6.07, 6.45) is 0. The van der Waals surface area contributed by atoms with Crippen LogP contribution in [0, 0.1) is 10.1 Å². The summed E-state index contributed by atoms with van der Waals surface area (Å²) >= 11 is 5.54. The number of aromatic hydroxyl groups is 1. The van der Waals surface area contributed by atoms with Crippen LogP contribution in [0.1, 0.15) is 17.3 Å². The van der Waals surface area contributed by atoms with Crippen molar-refractivity contribution in [2.75, 3.05) is 0 Å². The standard InChI is InChI=1S/C8H6ClNO4/c1-4(11)6-2-5(9)3-7(12)8(6)10(13)14/h2-3,12H,1H3. The Hall–Kier alpha value is -1.62. The van der Waals surface area contributed by atoms with Gasteiger partial charge < -0.3 is 5.11 Å². The van der Waals surface area contributed by atoms with Gasteiger partial charge in [-0.25, -0.2) is 0 Å². The molecule has 0 aromatic heterocycles. The Labute approximate surface area is 84.1 Å². The van der Waals surface area contributed by atoms with Crippen LogP contribution in [0.25, 0.3) is 0 Å². The molecule has 0 amide bonds. The van der Waals surface area contributed by atoms with E-state index in [-0.39, 0.29) is 10.6 Å². The average Bonchev–Trinajstić information content (AvgIpc) is 2.01. The van der Waals surface area contributed by atoms with Crippen LogP contribution in [-0.2, 0) is 0 Å². The summed E-state index contributed by atoms with van der Waals surface area (Å²) in [5.41, 5.74) is -0.804. The molecule has 0 unspecified atom stereocenters. The Morgan fingerprint density at radius 1 is 1.57 bits per heavy atom. The van der Waals surface area contributed by atoms with E-state index in [4.69, 9.17) is 11.6 Å². The summed E-state index contributed by atoms with van der Waals surface area (Å²) in [6.45, 7) is 1.16. The van der Waals surface area contributed by atoms with Gasteiger partial charge in [0.1, 0.15) is 5.56 Å². The molecule has 0 aliphatic rings. The van der Waals surface area contributed by atoms with E-state index in [1.165, 1.54) is 0 Å². The molecular weight excluding hydrogens is 210 g/mol. The van der Waals surface area contributed by atoms with E-state index in [1.54, 1.807) is 0 Å². The van der Waals surface area contributed by atoms with E-state index in [9.17, 15) is 20.0 Å². The lowest BCUT2D eigenvalue weighted by molar-refractivity contribution is -0.386. The SMILES string of the molecule is CC(=O)c1cc(Cl)cc(O)c1[N+](=O)[O-]. The fourth-order valence-electron chi connectivity index (χ4n) is 1.05. The molecule has 0 aliphatic heterocycles. The van der Waals surface area contributed by atoms with Gasteiger partial charge in [0.05, 0.1) is 4.92 Å². The predicted octanol–water partition coefficient (Wildman–Crippen LogP) is 2.16. The van der Waals surface area contributed by atoms with Gasteiger partial charge in [-0.2, -0.15) is 0 Å². The maximum absolute atomic E-state index is 11.0. The second kappa shape index (κ2) is 3.63. The van der Waals surface area contributed by atoms with Gasteiger partial charge >= 0.3 is 5.69 Å². The van der Waals surface area contributed by atoms with Gasteiger partial charge in [0.25, 0.3) is 0 Å². The molecule has 0 spiro atoms. The number of phenols is 1. The number of hydrogen-bond acceptors (Lipinski definition) is 4. The minimum Gasteiger partial charge on any atom is -0.502 e. The molecule has 0 atom stereocenters. The number of halogens is 1. The minimum absolute atomic E-state index is 0.0818. The molecule has 14 heavy (non-hydrogen) atoms. The Balaban J connectivity index is 3.52. The van der Waals surface area contributed by atoms with E-state index in [0.29, 0.717) is 0 Å². The lowest BCUT2D eigenvalue weighted by Gasteiger charge is -2.01. The van der Waals surface area contributed by atoms with Crippen LogP contribution in [0.5, 0.6) is 5.75 Å². The first-order valence-corrected chi connectivity index (χ1v) is 3.99. The number of benzene rings is 1. The zero-order chi connectivity index (χ0) is 10.9. The van der Waals surface area contributed by atoms with Crippen LogP contribution < -0.4 is 0 Å². The molecule has 0 fully saturated rings. The van der Waals surface area contributed by atoms with E-state index in [0.717, 1.165) is 19.1 Å². The molecular formula is C8H6ClNO4. The minimum atomic E-state index is -0.817. The number of rotatable bonds is 2. The topological polar surface area (TPSA) is 80.4 Å². The highest BCUT2D eigenvalue weighted by Crippen LogP contribution is 2.33. The van der Waals surface area contributed by atoms with Crippen LogP contribution in [0.4, 0.5) is 5.69 Å². The Morgan fingerprint density at radius 2 is 2.14 bits per heavy atom. The fraction of sp³-hybridized carbons (Fsp3) is 0.125. The molecule has 0 saturated carbocycles. The highest BCUT2D eigenvalue weighted by atomic mass is 35.5. The van der Waals surface area contributed by atoms with Crippen molar-refractivity contribution in [3.05, 3.63) is 32.8 Å². The van der Waals surface area contributed by atoms with Crippen LogP contribution in [0.2, 0.25) is 5.02 Å². The zero-order valence-corrected chi connectivity index (χ0v) is 7.91. The summed E-state index contributed by atoms with van der Waals surface area (Å²) in [6, 6.07) is 2.17. The second-order valence-electron chi connectivity index (χ2n) is 2.63. The molecule has 0 saturated heterocycles. The normalized spacial score (nSPS) is 9.86. The second-order valence-corrected chi connectivity index (χ2v) is 3.07. The Morgan fingerprint density at radius 3 is 2.57 bits per heavy atom. The monoisotopic (exact) mass is 215 g/mol. The Kier molecular flexibility index (Phi) is 2.71. The van der Waals surface area contributed by atoms with Crippen molar-refractivity contribution < 1.29 is 14.8 Å². The number of hydrogen-bond donors (Lipinski definition) is 1. The van der Waals surface area contributed by atoms with Gasteiger partial charge in [-0.1, -0.05) is 11.6 Å². The van der Waals surface area contributed by atoms with Gasteiger partial charge in [-0.15, -0.1) is 0 Å². The fourth-order valence-corrected chi connectivity index (χ4v) is 1.26. The molecule has 6 heteroatoms. The lowest BCUT2D eigenvalue weighted by atomic mass is 10.1. The van der Waals surface area contributed by atoms with Crippen molar-refractivity contribution >= 4 is 23.1 Å². The maximum Gasteiger partial charge on any atom is 0.321 e. The van der Waals surface area contributed by atoms with Crippen LogP contribution >= 0.6 is 11.6 Å². The number of nitro groups is 1. The highest BCUT2D eigenvalue weighted by Gasteiger charge is 2.23. The van der Waals surface area contributed by atoms with Gasteiger partial charge in [-0.3, -0.25) is 14.9 Å².